The molecule has 69 heavy (non-hydrogen) atoms. The summed E-state index contributed by atoms with van der Waals surface area (Å²) in [6, 6.07) is 5.68. The minimum atomic E-state index is -2.26. The average Bonchev–Trinajstić information content (AvgIpc) is 4.18. The van der Waals surface area contributed by atoms with Gasteiger partial charge in [0.25, 0.3) is 0 Å². The van der Waals surface area contributed by atoms with E-state index in [0.29, 0.717) is 56.8 Å². The summed E-state index contributed by atoms with van der Waals surface area (Å²) in [5.41, 5.74) is -2.44. The van der Waals surface area contributed by atoms with Crippen LogP contribution in [-0.2, 0) is 27.4 Å². The largest absolute Gasteiger partial charge is 0.454 e. The first kappa shape index (κ1) is 44.6. The second kappa shape index (κ2) is 14.8. The van der Waals surface area contributed by atoms with Crippen LogP contribution in [-0.4, -0.2) is 91.1 Å². The highest BCUT2D eigenvalue weighted by atomic mass is 16.5. The number of fused-ring (bicyclic) bond motifs is 6. The molecule has 1 aliphatic heterocycles. The second-order valence-corrected chi connectivity index (χ2v) is 25.8. The van der Waals surface area contributed by atoms with Crippen molar-refractivity contribution in [3.8, 4) is 11.8 Å². The minimum absolute atomic E-state index is 0.0872. The fraction of sp³-hybridized carbons (Fsp3) is 0.729. The van der Waals surface area contributed by atoms with Gasteiger partial charge in [0.05, 0.1) is 29.8 Å². The Morgan fingerprint density at radius 3 is 2.55 bits per heavy atom. The Hall–Kier alpha value is -3.14. The Balaban J connectivity index is 1.03. The van der Waals surface area contributed by atoms with Crippen LogP contribution >= 0.6 is 0 Å². The number of hydrogen-bond donors (Lipinski definition) is 7. The molecule has 13 aliphatic carbocycles. The number of esters is 1. The number of hydrogen-bond acceptors (Lipinski definition) is 10. The zero-order chi connectivity index (χ0) is 47.4. The molecule has 15 rings (SSSR count). The first-order chi connectivity index (χ1) is 33.3. The van der Waals surface area contributed by atoms with Gasteiger partial charge in [-0.2, -0.15) is 0 Å². The maximum absolute atomic E-state index is 15.5. The normalized spacial score (nSPS) is 52.0. The Bertz CT molecular complexity index is 2590. The summed E-state index contributed by atoms with van der Waals surface area (Å²) in [7, 11) is 1.93. The number of aldehydes is 1. The molecule has 10 heteroatoms. The van der Waals surface area contributed by atoms with E-state index in [1.54, 1.807) is 6.08 Å². The lowest BCUT2D eigenvalue weighted by molar-refractivity contribution is -0.403. The van der Waals surface area contributed by atoms with E-state index in [1.807, 2.05) is 25.2 Å². The van der Waals surface area contributed by atoms with Crippen LogP contribution in [0.3, 0.4) is 0 Å². The Morgan fingerprint density at radius 1 is 0.942 bits per heavy atom. The highest BCUT2D eigenvalue weighted by Crippen LogP contribution is 2.85. The van der Waals surface area contributed by atoms with E-state index >= 15 is 9.90 Å². The molecule has 10 nitrogen and oxygen atoms in total. The number of benzene rings is 1. The lowest BCUT2D eigenvalue weighted by Gasteiger charge is -2.79. The van der Waals surface area contributed by atoms with Crippen molar-refractivity contribution in [2.75, 3.05) is 7.05 Å². The standard InChI is InChI=1S/C59H73NO9/c1-30(32-8-3-4-9-32)34-14-16-43-52(64)54-19-17-31(25-54)20-35-13-15-38-42-27-55-18-6-5-10-33-11-7-12-36(28-61)39(33)23-45(60-2)40-21-37(48(55)41-24-46(63)69-49(40)41)26-57(55,66)59(68)50(42)56(29-62,51(54)47(35)38)58(43,67)44(22-34)53(59)65/h7,11-12,15,24,29-32,34,37,40,42-45,48-53,60-61,64-68H,3-4,6,8-9,13-14,16-23,25-28H2,1-2H3. The molecule has 0 amide bonds. The van der Waals surface area contributed by atoms with Crippen molar-refractivity contribution in [2.24, 2.45) is 87.3 Å². The fourth-order valence-electron chi connectivity index (χ4n) is 22.1. The molecule has 9 fully saturated rings. The summed E-state index contributed by atoms with van der Waals surface area (Å²) in [5.74, 6) is 3.33. The quantitative estimate of drug-likeness (QED) is 0.105. The van der Waals surface area contributed by atoms with Crippen LogP contribution in [0.2, 0.25) is 0 Å². The number of carbonyl (C=O) groups excluding carboxylic acids is 2. The number of likely N-dealkylation sites (N-methyl/N-ethyl adjacent to an activating group) is 1. The number of allylic oxidation sites excluding steroid dienone is 4. The van der Waals surface area contributed by atoms with E-state index in [2.05, 4.69) is 30.2 Å². The summed E-state index contributed by atoms with van der Waals surface area (Å²) in [6.45, 7) is 2.21. The van der Waals surface area contributed by atoms with E-state index in [0.717, 1.165) is 91.1 Å². The van der Waals surface area contributed by atoms with Gasteiger partial charge < -0.3 is 45.5 Å². The highest BCUT2D eigenvalue weighted by Gasteiger charge is 2.91. The third kappa shape index (κ3) is 5.07. The van der Waals surface area contributed by atoms with Crippen LogP contribution in [0.25, 0.3) is 0 Å². The highest BCUT2D eigenvalue weighted by molar-refractivity contribution is 5.86. The summed E-state index contributed by atoms with van der Waals surface area (Å²) >= 11 is 0. The van der Waals surface area contributed by atoms with Gasteiger partial charge in [-0.05, 0) is 166 Å². The molecule has 6 bridgehead atoms. The number of ether oxygens (including phenoxy) is 1. The molecule has 0 aromatic heterocycles. The molecule has 9 saturated carbocycles. The first-order valence-corrected chi connectivity index (χ1v) is 27.5. The first-order valence-electron chi connectivity index (χ1n) is 27.5. The van der Waals surface area contributed by atoms with Gasteiger partial charge in [0.2, 0.25) is 0 Å². The van der Waals surface area contributed by atoms with Crippen LogP contribution < -0.4 is 5.32 Å². The van der Waals surface area contributed by atoms with Crippen LogP contribution in [0.1, 0.15) is 133 Å². The van der Waals surface area contributed by atoms with Gasteiger partial charge in [-0.3, -0.25) is 0 Å². The Morgan fingerprint density at radius 2 is 1.77 bits per heavy atom. The summed E-state index contributed by atoms with van der Waals surface area (Å²) in [4.78, 5) is 29.4. The summed E-state index contributed by atoms with van der Waals surface area (Å²) in [6.07, 6.45) is 14.9. The molecule has 1 aromatic rings. The molecule has 1 heterocycles. The molecule has 21 atom stereocenters. The third-order valence-electron chi connectivity index (χ3n) is 24.3. The minimum Gasteiger partial charge on any atom is -0.454 e. The summed E-state index contributed by atoms with van der Waals surface area (Å²) < 4.78 is 6.41. The Labute approximate surface area is 406 Å². The topological polar surface area (TPSA) is 177 Å². The van der Waals surface area contributed by atoms with Gasteiger partial charge in [0, 0.05) is 64.5 Å². The average molecular weight is 940 g/mol. The van der Waals surface area contributed by atoms with Gasteiger partial charge in [-0.25, -0.2) is 4.79 Å². The molecule has 0 saturated heterocycles. The monoisotopic (exact) mass is 940 g/mol. The fourth-order valence-corrected chi connectivity index (χ4v) is 22.1. The molecule has 0 radical (unpaired) electrons. The van der Waals surface area contributed by atoms with Crippen molar-refractivity contribution >= 4 is 12.3 Å². The van der Waals surface area contributed by atoms with Crippen LogP contribution in [0.5, 0.6) is 0 Å². The maximum atomic E-state index is 15.5. The van der Waals surface area contributed by atoms with Crippen LogP contribution in [0.15, 0.2) is 52.6 Å². The predicted molar refractivity (Wildman–Crippen MR) is 255 cm³/mol. The van der Waals surface area contributed by atoms with Crippen molar-refractivity contribution in [3.05, 3.63) is 69.3 Å². The van der Waals surface area contributed by atoms with Gasteiger partial charge in [-0.1, -0.05) is 68.2 Å². The SMILES string of the molecule is CNC1Cc2c(cccc2CO)C#CCCC23CC4C5=CCC6=C5C5C7(CCC(C6)C7)C(O)C6CCC(C(C)C7CCCC7)CC7C(O)C(O)(C4C5(C=O)C67O)C2(O)CC2CC1C1OC(=O)C=C1C23. The lowest BCUT2D eigenvalue weighted by atomic mass is 9.26. The van der Waals surface area contributed by atoms with Crippen molar-refractivity contribution in [1.29, 1.82) is 0 Å². The summed E-state index contributed by atoms with van der Waals surface area (Å²) in [5, 5.41) is 86.2. The second-order valence-electron chi connectivity index (χ2n) is 25.8. The van der Waals surface area contributed by atoms with E-state index < -0.39 is 86.9 Å². The number of aliphatic hydroxyl groups is 6. The zero-order valence-corrected chi connectivity index (χ0v) is 40.5. The maximum Gasteiger partial charge on any atom is 0.331 e. The number of nitrogens with one attached hydrogen (secondary N) is 1. The van der Waals surface area contributed by atoms with Gasteiger partial charge in [0.1, 0.15) is 23.6 Å². The number of carbonyl (C=O) groups is 2. The zero-order valence-electron chi connectivity index (χ0n) is 40.5. The molecule has 1 aromatic carbocycles. The lowest BCUT2D eigenvalue weighted by Crippen LogP contribution is -2.90. The van der Waals surface area contributed by atoms with Crippen molar-refractivity contribution < 1.29 is 45.0 Å². The van der Waals surface area contributed by atoms with Crippen molar-refractivity contribution in [2.45, 2.75) is 170 Å². The van der Waals surface area contributed by atoms with E-state index in [4.69, 9.17) is 4.74 Å². The van der Waals surface area contributed by atoms with Gasteiger partial charge >= 0.3 is 5.97 Å². The van der Waals surface area contributed by atoms with Gasteiger partial charge in [-0.15, -0.1) is 0 Å². The molecular weight excluding hydrogens is 867 g/mol. The molecule has 2 spiro atoms. The molecule has 7 N–H and O–H groups in total. The predicted octanol–water partition coefficient (Wildman–Crippen LogP) is 6.02. The van der Waals surface area contributed by atoms with E-state index in [9.17, 15) is 30.3 Å². The molecular formula is C59H73NO9. The number of aliphatic hydroxyl groups excluding tert-OH is 3. The van der Waals surface area contributed by atoms with E-state index in [-0.39, 0.29) is 48.7 Å². The van der Waals surface area contributed by atoms with Crippen molar-refractivity contribution in [3.63, 3.8) is 0 Å². The van der Waals surface area contributed by atoms with Crippen molar-refractivity contribution in [1.82, 2.24) is 5.32 Å². The molecule has 14 aliphatic rings. The van der Waals surface area contributed by atoms with E-state index in [1.165, 1.54) is 18.4 Å². The Kier molecular flexibility index (Phi) is 9.53. The molecule has 21 unspecified atom stereocenters. The molecule has 368 valence electrons. The van der Waals surface area contributed by atoms with Crippen LogP contribution in [0, 0.1) is 99.1 Å². The smallest absolute Gasteiger partial charge is 0.331 e. The number of rotatable bonds is 5. The third-order valence-corrected chi connectivity index (χ3v) is 24.3. The van der Waals surface area contributed by atoms with Crippen LogP contribution in [0.4, 0.5) is 0 Å². The van der Waals surface area contributed by atoms with Gasteiger partial charge in [0.15, 0.2) is 0 Å².